The fourth-order valence-electron chi connectivity index (χ4n) is 7.99. The highest BCUT2D eigenvalue weighted by Crippen LogP contribution is 2.46. The third kappa shape index (κ3) is 10.5. The van der Waals surface area contributed by atoms with E-state index >= 15 is 0 Å². The molecule has 3 aromatic heterocycles. The first-order chi connectivity index (χ1) is 31.7. The number of halogens is 3. The standard InChI is InChI=1S/C47H52F3N7O9S2/c1-10-27-24-46(27,42(60)55-68(62,63)38-19-18-36(67-38)33-23-37(47(48,49)50)54-56(33)8)53-40(58)34-21-29(25-57(34)41(59)39(44(2,3)4)52-43(61)66-45(5,6)7)65-35-22-31(26-14-12-11-13-15-26)51-32-20-28(64-9)16-17-30(32)35/h10-20,22-23,27,29,34,39H,1,21,24-25H2,2-9H3,(H,52,61)(H,53,58)(H,55,60). The van der Waals surface area contributed by atoms with Gasteiger partial charge >= 0.3 is 12.3 Å². The Morgan fingerprint density at radius 1 is 0.985 bits per heavy atom. The largest absolute Gasteiger partial charge is 0.497 e. The summed E-state index contributed by atoms with van der Waals surface area (Å²) in [6, 6.07) is 17.1. The van der Waals surface area contributed by atoms with Crippen LogP contribution >= 0.6 is 11.3 Å². The van der Waals surface area contributed by atoms with Gasteiger partial charge in [-0.25, -0.2) is 22.9 Å². The molecule has 21 heteroatoms. The molecule has 5 atom stereocenters. The van der Waals surface area contributed by atoms with Crippen molar-refractivity contribution in [3.63, 3.8) is 0 Å². The molecule has 1 saturated heterocycles. The lowest BCUT2D eigenvalue weighted by atomic mass is 9.85. The molecule has 7 rings (SSSR count). The van der Waals surface area contributed by atoms with Crippen molar-refractivity contribution in [1.82, 2.24) is 35.0 Å². The van der Waals surface area contributed by atoms with Gasteiger partial charge in [-0.3, -0.25) is 19.1 Å². The van der Waals surface area contributed by atoms with E-state index in [0.29, 0.717) is 39.4 Å². The van der Waals surface area contributed by atoms with Gasteiger partial charge in [0.2, 0.25) is 11.8 Å². The number of benzene rings is 2. The van der Waals surface area contributed by atoms with Gasteiger partial charge in [0.05, 0.1) is 35.4 Å². The minimum atomic E-state index is -4.74. The molecular weight excluding hydrogens is 928 g/mol. The van der Waals surface area contributed by atoms with E-state index in [2.05, 4.69) is 22.3 Å². The second kappa shape index (κ2) is 18.2. The van der Waals surface area contributed by atoms with Gasteiger partial charge in [-0.1, -0.05) is 57.2 Å². The first-order valence-electron chi connectivity index (χ1n) is 21.5. The SMILES string of the molecule is C=CC1CC1(NC(=O)C1CC(Oc2cc(-c3ccccc3)nc3cc(OC)ccc23)CN1C(=O)C(NC(=O)OC(C)(C)C)C(C)(C)C)C(=O)NS(=O)(=O)c1ccc(-c2cc(C(F)(F)F)nn2C)s1. The number of likely N-dealkylation sites (tertiary alicyclic amines) is 1. The third-order valence-electron chi connectivity index (χ3n) is 11.5. The number of hydrogen-bond donors (Lipinski definition) is 3. The second-order valence-corrected chi connectivity index (χ2v) is 21.8. The Kier molecular flexibility index (Phi) is 13.2. The molecule has 362 valence electrons. The normalized spacial score (nSPS) is 20.0. The second-order valence-electron chi connectivity index (χ2n) is 18.8. The zero-order chi connectivity index (χ0) is 49.7. The van der Waals surface area contributed by atoms with Crippen molar-refractivity contribution >= 4 is 56.1 Å². The Morgan fingerprint density at radius 2 is 1.69 bits per heavy atom. The van der Waals surface area contributed by atoms with Crippen molar-refractivity contribution in [2.75, 3.05) is 13.7 Å². The smallest absolute Gasteiger partial charge is 0.435 e. The lowest BCUT2D eigenvalue weighted by Gasteiger charge is -2.36. The van der Waals surface area contributed by atoms with Crippen LogP contribution in [0.5, 0.6) is 11.5 Å². The van der Waals surface area contributed by atoms with Crippen molar-refractivity contribution in [2.45, 2.75) is 94.1 Å². The van der Waals surface area contributed by atoms with Crippen molar-refractivity contribution < 1.29 is 55.0 Å². The maximum absolute atomic E-state index is 14.8. The average molecular weight is 980 g/mol. The highest BCUT2D eigenvalue weighted by atomic mass is 32.2. The molecular formula is C47H52F3N7O9S2. The number of methoxy groups -OCH3 is 1. The lowest BCUT2D eigenvalue weighted by Crippen LogP contribution is -2.60. The molecule has 0 spiro atoms. The van der Waals surface area contributed by atoms with Crippen LogP contribution in [0.2, 0.25) is 0 Å². The molecule has 3 N–H and O–H groups in total. The lowest BCUT2D eigenvalue weighted by molar-refractivity contribution is -0.143. The molecule has 1 aliphatic carbocycles. The quantitative estimate of drug-likeness (QED) is 0.100. The number of nitrogens with one attached hydrogen (secondary N) is 3. The topological polar surface area (TPSA) is 200 Å². The number of nitrogens with zero attached hydrogens (tertiary/aromatic N) is 4. The van der Waals surface area contributed by atoms with Crippen molar-refractivity contribution in [1.29, 1.82) is 0 Å². The fraction of sp³-hybridized carbons (Fsp3) is 0.404. The Bertz CT molecular complexity index is 2890. The number of hydrogen-bond acceptors (Lipinski definition) is 12. The number of aryl methyl sites for hydroxylation is 1. The summed E-state index contributed by atoms with van der Waals surface area (Å²) in [5, 5.41) is 9.53. The summed E-state index contributed by atoms with van der Waals surface area (Å²) >= 11 is 0.617. The van der Waals surface area contributed by atoms with Gasteiger partial charge in [-0.2, -0.15) is 18.3 Å². The summed E-state index contributed by atoms with van der Waals surface area (Å²) in [5.41, 5.74) is -2.90. The summed E-state index contributed by atoms with van der Waals surface area (Å²) in [6.07, 6.45) is -5.19. The maximum Gasteiger partial charge on any atom is 0.435 e. The van der Waals surface area contributed by atoms with E-state index in [-0.39, 0.29) is 34.2 Å². The Balaban J connectivity index is 1.19. The van der Waals surface area contributed by atoms with Crippen molar-refractivity contribution in [3.8, 4) is 33.3 Å². The van der Waals surface area contributed by atoms with Gasteiger partial charge in [0.1, 0.15) is 45.0 Å². The molecule has 2 aromatic carbocycles. The summed E-state index contributed by atoms with van der Waals surface area (Å²) < 4.78 is 87.9. The monoisotopic (exact) mass is 979 g/mol. The molecule has 1 saturated carbocycles. The average Bonchev–Trinajstić information content (AvgIpc) is 3.60. The number of sulfonamides is 1. The molecule has 0 bridgehead atoms. The van der Waals surface area contributed by atoms with Crippen LogP contribution in [0.3, 0.4) is 0 Å². The third-order valence-corrected chi connectivity index (χ3v) is 14.4. The Morgan fingerprint density at radius 3 is 2.29 bits per heavy atom. The van der Waals surface area contributed by atoms with Crippen molar-refractivity contribution in [2.24, 2.45) is 18.4 Å². The Hall–Kier alpha value is -6.48. The van der Waals surface area contributed by atoms with Crippen LogP contribution in [0.25, 0.3) is 32.7 Å². The number of pyridine rings is 1. The van der Waals surface area contributed by atoms with E-state index in [1.807, 2.05) is 35.1 Å². The van der Waals surface area contributed by atoms with Crippen LogP contribution < -0.4 is 24.8 Å². The number of carbonyl (C=O) groups is 4. The van der Waals surface area contributed by atoms with E-state index < -0.39 is 86.4 Å². The first kappa shape index (κ1) is 49.4. The summed E-state index contributed by atoms with van der Waals surface area (Å²) in [7, 11) is -1.83. The van der Waals surface area contributed by atoms with Gasteiger partial charge in [-0.05, 0) is 62.9 Å². The summed E-state index contributed by atoms with van der Waals surface area (Å²) in [5.74, 6) is -2.34. The van der Waals surface area contributed by atoms with Crippen LogP contribution in [0.4, 0.5) is 18.0 Å². The predicted molar refractivity (Wildman–Crippen MR) is 247 cm³/mol. The summed E-state index contributed by atoms with van der Waals surface area (Å²) in [4.78, 5) is 63.2. The minimum absolute atomic E-state index is 0.00493. The van der Waals surface area contributed by atoms with E-state index in [0.717, 1.165) is 22.4 Å². The number of ether oxygens (including phenoxy) is 3. The highest BCUT2D eigenvalue weighted by molar-refractivity contribution is 7.92. The molecule has 68 heavy (non-hydrogen) atoms. The molecule has 4 amide bonds. The van der Waals surface area contributed by atoms with Gasteiger partial charge in [0.25, 0.3) is 15.9 Å². The van der Waals surface area contributed by atoms with E-state index in [4.69, 9.17) is 19.2 Å². The zero-order valence-electron chi connectivity index (χ0n) is 38.6. The molecule has 5 aromatic rings. The predicted octanol–water partition coefficient (Wildman–Crippen LogP) is 7.24. The highest BCUT2D eigenvalue weighted by Gasteiger charge is 2.61. The van der Waals surface area contributed by atoms with Crippen LogP contribution in [0.1, 0.15) is 60.1 Å². The number of carbonyl (C=O) groups excluding carboxylic acids is 4. The van der Waals surface area contributed by atoms with Crippen LogP contribution in [0.15, 0.2) is 89.7 Å². The number of thiophene rings is 1. The number of fused-ring (bicyclic) bond motifs is 1. The number of amides is 4. The molecule has 1 aliphatic heterocycles. The minimum Gasteiger partial charge on any atom is -0.497 e. The number of alkyl carbamates (subject to hydrolysis) is 1. The zero-order valence-corrected chi connectivity index (χ0v) is 40.2. The number of rotatable bonds is 13. The van der Waals surface area contributed by atoms with E-state index in [1.165, 1.54) is 31.2 Å². The Labute approximate surface area is 395 Å². The molecule has 5 unspecified atom stereocenters. The van der Waals surface area contributed by atoms with Gasteiger partial charge in [0.15, 0.2) is 5.69 Å². The van der Waals surface area contributed by atoms with Crippen molar-refractivity contribution in [3.05, 3.63) is 91.1 Å². The molecule has 4 heterocycles. The molecule has 2 aliphatic rings. The van der Waals surface area contributed by atoms with Crippen LogP contribution in [0, 0.1) is 11.3 Å². The fourth-order valence-corrected chi connectivity index (χ4v) is 10.4. The molecule has 2 fully saturated rings. The van der Waals surface area contributed by atoms with E-state index in [9.17, 15) is 40.8 Å². The molecule has 0 radical (unpaired) electrons. The number of alkyl halides is 3. The summed E-state index contributed by atoms with van der Waals surface area (Å²) in [6.45, 7) is 13.9. The van der Waals surface area contributed by atoms with Crippen LogP contribution in [-0.4, -0.2) is 94.9 Å². The van der Waals surface area contributed by atoms with Crippen LogP contribution in [-0.2, 0) is 42.4 Å². The van der Waals surface area contributed by atoms with Gasteiger partial charge in [-0.15, -0.1) is 17.9 Å². The maximum atomic E-state index is 14.8. The number of aromatic nitrogens is 3. The van der Waals surface area contributed by atoms with Gasteiger partial charge < -0.3 is 29.7 Å². The van der Waals surface area contributed by atoms with Gasteiger partial charge in [0, 0.05) is 42.5 Å². The first-order valence-corrected chi connectivity index (χ1v) is 23.8. The van der Waals surface area contributed by atoms with E-state index in [1.54, 1.807) is 65.8 Å². The molecule has 16 nitrogen and oxygen atoms in total.